The van der Waals surface area contributed by atoms with E-state index < -0.39 is 0 Å². The number of aryl methyl sites for hydroxylation is 1. The van der Waals surface area contributed by atoms with Crippen molar-refractivity contribution in [3.63, 3.8) is 0 Å². The van der Waals surface area contributed by atoms with Crippen LogP contribution in [0.1, 0.15) is 57.6 Å². The monoisotopic (exact) mass is 417 g/mol. The number of amides is 2. The number of carbonyl (C=O) groups excluding carboxylic acids is 2. The number of hydrogen-bond acceptors (Lipinski definition) is 3. The zero-order chi connectivity index (χ0) is 22.2. The van der Waals surface area contributed by atoms with Crippen LogP contribution in [0.15, 0.2) is 54.6 Å². The van der Waals surface area contributed by atoms with Crippen molar-refractivity contribution in [2.75, 3.05) is 4.90 Å². The van der Waals surface area contributed by atoms with E-state index in [0.717, 1.165) is 28.0 Å². The Bertz CT molecular complexity index is 993. The van der Waals surface area contributed by atoms with Gasteiger partial charge in [0.05, 0.1) is 5.69 Å². The van der Waals surface area contributed by atoms with Crippen molar-refractivity contribution < 1.29 is 14.3 Å². The van der Waals surface area contributed by atoms with Crippen molar-refractivity contribution in [3.05, 3.63) is 65.7 Å². The molecular formula is C27H31NO3. The van der Waals surface area contributed by atoms with Crippen LogP contribution >= 0.6 is 0 Å². The Labute approximate surface area is 184 Å². The molecule has 4 heteroatoms. The summed E-state index contributed by atoms with van der Waals surface area (Å²) in [6, 6.07) is 13.6. The lowest BCUT2D eigenvalue weighted by Gasteiger charge is -2.39. The number of benzene rings is 2. The van der Waals surface area contributed by atoms with Crippen LogP contribution in [0.5, 0.6) is 11.5 Å². The molecule has 31 heavy (non-hydrogen) atoms. The van der Waals surface area contributed by atoms with Crippen molar-refractivity contribution in [3.8, 4) is 11.5 Å². The Morgan fingerprint density at radius 2 is 1.58 bits per heavy atom. The summed E-state index contributed by atoms with van der Waals surface area (Å²) < 4.78 is 6.10. The van der Waals surface area contributed by atoms with Crippen molar-refractivity contribution in [1.82, 2.24) is 0 Å². The van der Waals surface area contributed by atoms with Gasteiger partial charge in [-0.05, 0) is 91.3 Å². The zero-order valence-electron chi connectivity index (χ0n) is 18.9. The normalized spacial score (nSPS) is 23.6. The molecule has 2 aliphatic rings. The van der Waals surface area contributed by atoms with Gasteiger partial charge in [0.25, 0.3) is 11.8 Å². The summed E-state index contributed by atoms with van der Waals surface area (Å²) in [5.41, 5.74) is 3.29. The number of nitrogens with zero attached hydrogens (tertiary/aromatic N) is 1. The van der Waals surface area contributed by atoms with E-state index in [2.05, 4.69) is 45.9 Å². The first-order chi connectivity index (χ1) is 14.8. The fourth-order valence-electron chi connectivity index (χ4n) is 4.82. The molecular weight excluding hydrogens is 386 g/mol. The molecule has 2 amide bonds. The first-order valence-electron chi connectivity index (χ1n) is 11.2. The minimum absolute atomic E-state index is 0.235. The topological polar surface area (TPSA) is 46.6 Å². The van der Waals surface area contributed by atoms with Crippen LogP contribution in [0, 0.1) is 18.8 Å². The second-order valence-corrected chi connectivity index (χ2v) is 9.56. The SMILES string of the molecule is Cc1cc(C2(C)CCC(C(C)C)CC2)ccc1Oc1ccc(N2C(=O)C=CC2=O)cc1. The van der Waals surface area contributed by atoms with Gasteiger partial charge in [0, 0.05) is 12.2 Å². The maximum atomic E-state index is 11.8. The van der Waals surface area contributed by atoms with Gasteiger partial charge in [-0.1, -0.05) is 32.9 Å². The summed E-state index contributed by atoms with van der Waals surface area (Å²) in [4.78, 5) is 24.8. The summed E-state index contributed by atoms with van der Waals surface area (Å²) in [6.07, 6.45) is 7.64. The first kappa shape index (κ1) is 21.4. The summed E-state index contributed by atoms with van der Waals surface area (Å²) >= 11 is 0. The van der Waals surface area contributed by atoms with Crippen LogP contribution in [0.25, 0.3) is 0 Å². The molecule has 0 spiro atoms. The largest absolute Gasteiger partial charge is 0.457 e. The van der Waals surface area contributed by atoms with E-state index in [1.165, 1.54) is 43.4 Å². The van der Waals surface area contributed by atoms with Gasteiger partial charge in [0.2, 0.25) is 0 Å². The number of carbonyl (C=O) groups is 2. The lowest BCUT2D eigenvalue weighted by Crippen LogP contribution is -2.30. The molecule has 0 saturated heterocycles. The van der Waals surface area contributed by atoms with Gasteiger partial charge < -0.3 is 4.74 Å². The third kappa shape index (κ3) is 4.30. The third-order valence-electron chi connectivity index (χ3n) is 7.08. The highest BCUT2D eigenvalue weighted by Gasteiger charge is 2.33. The second kappa shape index (κ2) is 8.33. The summed E-state index contributed by atoms with van der Waals surface area (Å²) in [5, 5.41) is 0. The van der Waals surface area contributed by atoms with Crippen LogP contribution in [-0.4, -0.2) is 11.8 Å². The van der Waals surface area contributed by atoms with E-state index >= 15 is 0 Å². The molecule has 0 radical (unpaired) electrons. The molecule has 0 bridgehead atoms. The summed E-state index contributed by atoms with van der Waals surface area (Å²) in [7, 11) is 0. The Morgan fingerprint density at radius 1 is 0.968 bits per heavy atom. The van der Waals surface area contributed by atoms with Crippen LogP contribution < -0.4 is 9.64 Å². The van der Waals surface area contributed by atoms with Gasteiger partial charge in [-0.15, -0.1) is 0 Å². The third-order valence-corrected chi connectivity index (χ3v) is 7.08. The number of anilines is 1. The Balaban J connectivity index is 1.45. The van der Waals surface area contributed by atoms with Crippen LogP contribution in [-0.2, 0) is 15.0 Å². The lowest BCUT2D eigenvalue weighted by molar-refractivity contribution is -0.119. The Kier molecular flexibility index (Phi) is 5.74. The predicted molar refractivity (Wildman–Crippen MR) is 123 cm³/mol. The van der Waals surface area contributed by atoms with E-state index in [0.29, 0.717) is 11.4 Å². The molecule has 0 unspecified atom stereocenters. The molecule has 1 heterocycles. The van der Waals surface area contributed by atoms with Crippen LogP contribution in [0.4, 0.5) is 5.69 Å². The molecule has 4 rings (SSSR count). The van der Waals surface area contributed by atoms with Crippen molar-refractivity contribution in [2.24, 2.45) is 11.8 Å². The fraction of sp³-hybridized carbons (Fsp3) is 0.407. The lowest BCUT2D eigenvalue weighted by atomic mass is 9.66. The average Bonchev–Trinajstić information content (AvgIpc) is 3.08. The standard InChI is InChI=1S/C27H31NO3/c1-18(2)20-13-15-27(4,16-14-20)21-5-10-24(19(3)17-21)31-23-8-6-22(7-9-23)28-25(29)11-12-26(28)30/h5-12,17-18,20H,13-16H2,1-4H3. The van der Waals surface area contributed by atoms with Crippen LogP contribution in [0.2, 0.25) is 0 Å². The highest BCUT2D eigenvalue weighted by atomic mass is 16.5. The molecule has 0 atom stereocenters. The average molecular weight is 418 g/mol. The van der Waals surface area contributed by atoms with Gasteiger partial charge in [-0.2, -0.15) is 0 Å². The van der Waals surface area contributed by atoms with E-state index in [-0.39, 0.29) is 17.2 Å². The second-order valence-electron chi connectivity index (χ2n) is 9.56. The maximum absolute atomic E-state index is 11.8. The molecule has 1 saturated carbocycles. The van der Waals surface area contributed by atoms with Gasteiger partial charge >= 0.3 is 0 Å². The molecule has 1 aliphatic heterocycles. The number of rotatable bonds is 5. The Hall–Kier alpha value is -2.88. The molecule has 2 aromatic rings. The molecule has 4 nitrogen and oxygen atoms in total. The van der Waals surface area contributed by atoms with E-state index in [4.69, 9.17) is 4.74 Å². The van der Waals surface area contributed by atoms with Crippen molar-refractivity contribution in [2.45, 2.75) is 58.8 Å². The van der Waals surface area contributed by atoms with Crippen molar-refractivity contribution >= 4 is 17.5 Å². The molecule has 0 aromatic heterocycles. The maximum Gasteiger partial charge on any atom is 0.258 e. The quantitative estimate of drug-likeness (QED) is 0.535. The van der Waals surface area contributed by atoms with Gasteiger partial charge in [-0.25, -0.2) is 4.90 Å². The van der Waals surface area contributed by atoms with Gasteiger partial charge in [0.1, 0.15) is 11.5 Å². The smallest absolute Gasteiger partial charge is 0.258 e. The molecule has 1 aliphatic carbocycles. The van der Waals surface area contributed by atoms with Crippen LogP contribution in [0.3, 0.4) is 0 Å². The minimum atomic E-state index is -0.318. The van der Waals surface area contributed by atoms with E-state index in [9.17, 15) is 9.59 Å². The highest BCUT2D eigenvalue weighted by Crippen LogP contribution is 2.44. The predicted octanol–water partition coefficient (Wildman–Crippen LogP) is 6.32. The Morgan fingerprint density at radius 3 is 2.13 bits per heavy atom. The molecule has 1 fully saturated rings. The van der Waals surface area contributed by atoms with E-state index in [1.807, 2.05) is 0 Å². The summed E-state index contributed by atoms with van der Waals surface area (Å²) in [6.45, 7) is 9.17. The minimum Gasteiger partial charge on any atom is -0.457 e. The highest BCUT2D eigenvalue weighted by molar-refractivity contribution is 6.28. The van der Waals surface area contributed by atoms with E-state index in [1.54, 1.807) is 24.3 Å². The fourth-order valence-corrected chi connectivity index (χ4v) is 4.82. The van der Waals surface area contributed by atoms with Gasteiger partial charge in [-0.3, -0.25) is 9.59 Å². The van der Waals surface area contributed by atoms with Gasteiger partial charge in [0.15, 0.2) is 0 Å². The number of hydrogen-bond donors (Lipinski definition) is 0. The zero-order valence-corrected chi connectivity index (χ0v) is 18.9. The summed E-state index contributed by atoms with van der Waals surface area (Å²) in [5.74, 6) is 2.48. The molecule has 2 aromatic carbocycles. The first-order valence-corrected chi connectivity index (χ1v) is 11.2. The number of ether oxygens (including phenoxy) is 1. The molecule has 0 N–H and O–H groups in total. The van der Waals surface area contributed by atoms with Crippen molar-refractivity contribution in [1.29, 1.82) is 0 Å². The molecule has 162 valence electrons. The number of imide groups is 1.